The maximum atomic E-state index is 14.1. The molecule has 3 N–H and O–H groups in total. The van der Waals surface area contributed by atoms with Gasteiger partial charge in [0.2, 0.25) is 12.1 Å². The lowest BCUT2D eigenvalue weighted by molar-refractivity contribution is -0.549. The number of fused-ring (bicyclic) bond motifs is 2. The maximum absolute atomic E-state index is 14.1. The minimum Gasteiger partial charge on any atom is -0.347 e. The second kappa shape index (κ2) is 9.92. The molecule has 40 heavy (non-hydrogen) atoms. The van der Waals surface area contributed by atoms with Gasteiger partial charge in [0, 0.05) is 18.7 Å². The number of para-hydroxylation sites is 1. The summed E-state index contributed by atoms with van der Waals surface area (Å²) in [4.78, 5) is 43.8. The third kappa shape index (κ3) is 4.85. The van der Waals surface area contributed by atoms with Crippen LogP contribution in [0.2, 0.25) is 0 Å². The van der Waals surface area contributed by atoms with E-state index in [1.54, 1.807) is 35.9 Å². The zero-order chi connectivity index (χ0) is 28.8. The fraction of sp³-hybridized carbons (Fsp3) is 0.286. The summed E-state index contributed by atoms with van der Waals surface area (Å²) in [6.07, 6.45) is -5.25. The topological polar surface area (TPSA) is 97.3 Å². The molecule has 3 aromatic rings. The number of benzene rings is 2. The molecule has 1 aromatic heterocycles. The van der Waals surface area contributed by atoms with Gasteiger partial charge in [0.25, 0.3) is 11.8 Å². The number of H-pyrrole nitrogens is 1. The number of rotatable bonds is 6. The average Bonchev–Trinajstić information content (AvgIpc) is 3.61. The van der Waals surface area contributed by atoms with Gasteiger partial charge in [-0.25, -0.2) is 8.97 Å². The second-order valence-corrected chi connectivity index (χ2v) is 10.1. The van der Waals surface area contributed by atoms with Crippen LogP contribution in [0, 0.1) is 5.82 Å². The Labute approximate surface area is 226 Å². The largest absolute Gasteiger partial charge is 0.431 e. The van der Waals surface area contributed by atoms with E-state index in [0.717, 1.165) is 17.7 Å². The highest BCUT2D eigenvalue weighted by Crippen LogP contribution is 2.46. The monoisotopic (exact) mass is 556 g/mol. The Morgan fingerprint density at radius 2 is 1.93 bits per heavy atom. The van der Waals surface area contributed by atoms with Crippen LogP contribution in [0.4, 0.5) is 23.2 Å². The van der Waals surface area contributed by atoms with Crippen LogP contribution in [0.5, 0.6) is 0 Å². The summed E-state index contributed by atoms with van der Waals surface area (Å²) in [6.45, 7) is 3.92. The van der Waals surface area contributed by atoms with Crippen molar-refractivity contribution < 1.29 is 36.5 Å². The molecule has 1 spiro atoms. The van der Waals surface area contributed by atoms with Crippen LogP contribution in [0.15, 0.2) is 60.7 Å². The van der Waals surface area contributed by atoms with E-state index < -0.39 is 52.8 Å². The van der Waals surface area contributed by atoms with Crippen molar-refractivity contribution in [3.05, 3.63) is 89.0 Å². The van der Waals surface area contributed by atoms with Crippen LogP contribution in [-0.2, 0) is 27.6 Å². The fourth-order valence-electron chi connectivity index (χ4n) is 5.46. The Bertz CT molecular complexity index is 1520. The van der Waals surface area contributed by atoms with Gasteiger partial charge < -0.3 is 15.6 Å². The number of carbonyl (C=O) groups excluding carboxylic acids is 3. The molecular formula is C28H26F4N5O3+. The lowest BCUT2D eigenvalue weighted by Gasteiger charge is -2.27. The predicted octanol–water partition coefficient (Wildman–Crippen LogP) is 3.31. The molecule has 5 rings (SSSR count). The van der Waals surface area contributed by atoms with Crippen molar-refractivity contribution in [1.29, 1.82) is 0 Å². The van der Waals surface area contributed by atoms with Crippen LogP contribution in [0.25, 0.3) is 0 Å². The van der Waals surface area contributed by atoms with E-state index in [4.69, 9.17) is 0 Å². The number of nitrogens with one attached hydrogen (secondary N) is 3. The first kappa shape index (κ1) is 27.1. The van der Waals surface area contributed by atoms with E-state index in [0.29, 0.717) is 11.3 Å². The third-order valence-corrected chi connectivity index (χ3v) is 7.42. The van der Waals surface area contributed by atoms with E-state index in [2.05, 4.69) is 17.4 Å². The quantitative estimate of drug-likeness (QED) is 0.247. The first-order chi connectivity index (χ1) is 18.9. The van der Waals surface area contributed by atoms with Gasteiger partial charge in [0.15, 0.2) is 0 Å². The SMILES string of the molecule is C=[N+](C)[C@@H]1C[C@@]2(CN1C(=O)[C@H](Cc1cccc(F)c1)NC(=O)c1ccc(C(F)(F)F)[nH]1)C(=O)Nc1ccccc12. The summed E-state index contributed by atoms with van der Waals surface area (Å²) < 4.78 is 54.8. The van der Waals surface area contributed by atoms with Gasteiger partial charge in [-0.3, -0.25) is 19.3 Å². The molecule has 8 nitrogen and oxygen atoms in total. The highest BCUT2D eigenvalue weighted by Gasteiger charge is 2.59. The smallest absolute Gasteiger partial charge is 0.347 e. The number of nitrogens with zero attached hydrogens (tertiary/aromatic N) is 2. The van der Waals surface area contributed by atoms with Crippen LogP contribution >= 0.6 is 0 Å². The predicted molar refractivity (Wildman–Crippen MR) is 137 cm³/mol. The molecule has 12 heteroatoms. The first-order valence-corrected chi connectivity index (χ1v) is 12.5. The zero-order valence-corrected chi connectivity index (χ0v) is 21.4. The van der Waals surface area contributed by atoms with Crippen molar-refractivity contribution in [2.75, 3.05) is 18.9 Å². The second-order valence-electron chi connectivity index (χ2n) is 10.1. The highest BCUT2D eigenvalue weighted by atomic mass is 19.4. The standard InChI is InChI=1S/C28H25F4N5O3/c1-36(2)23-14-27(18-8-3-4-9-19(18)35-26(27)40)15-37(23)25(39)21(13-16-6-5-7-17(29)12-16)34-24(38)20-10-11-22(33-20)28(30,31)32/h3-12,21,23H,1,13-15H2,2H3,(H2-,33,34,35,38,40)/p+1/t21-,23-,27-/m0/s1. The number of halogens is 4. The highest BCUT2D eigenvalue weighted by molar-refractivity contribution is 6.07. The molecule has 3 amide bonds. The van der Waals surface area contributed by atoms with E-state index in [9.17, 15) is 31.9 Å². The van der Waals surface area contributed by atoms with E-state index in [1.165, 1.54) is 23.1 Å². The number of likely N-dealkylation sites (tertiary alicyclic amines) is 1. The van der Waals surface area contributed by atoms with Crippen molar-refractivity contribution in [3.8, 4) is 0 Å². The number of alkyl halides is 3. The lowest BCUT2D eigenvalue weighted by Crippen LogP contribution is -2.53. The first-order valence-electron chi connectivity index (χ1n) is 12.5. The summed E-state index contributed by atoms with van der Waals surface area (Å²) in [5, 5.41) is 5.39. The van der Waals surface area contributed by atoms with Gasteiger partial charge in [0.1, 0.15) is 42.4 Å². The molecule has 1 saturated heterocycles. The van der Waals surface area contributed by atoms with Gasteiger partial charge in [-0.15, -0.1) is 0 Å². The summed E-state index contributed by atoms with van der Waals surface area (Å²) in [5.74, 6) is -2.35. The number of carbonyl (C=O) groups is 3. The number of aromatic amines is 1. The molecule has 0 bridgehead atoms. The molecule has 2 aliphatic rings. The fourth-order valence-corrected chi connectivity index (χ4v) is 5.46. The number of aromatic nitrogens is 1. The number of anilines is 1. The van der Waals surface area contributed by atoms with Crippen molar-refractivity contribution in [2.45, 2.75) is 36.6 Å². The number of amides is 3. The normalized spacial score (nSPS) is 20.8. The molecule has 3 heterocycles. The minimum absolute atomic E-state index is 0.0184. The summed E-state index contributed by atoms with van der Waals surface area (Å²) >= 11 is 0. The van der Waals surface area contributed by atoms with Crippen LogP contribution in [0.1, 0.15) is 33.7 Å². The minimum atomic E-state index is -4.69. The van der Waals surface area contributed by atoms with E-state index in [-0.39, 0.29) is 25.3 Å². The van der Waals surface area contributed by atoms with Crippen molar-refractivity contribution in [1.82, 2.24) is 15.2 Å². The molecule has 0 radical (unpaired) electrons. The van der Waals surface area contributed by atoms with Gasteiger partial charge in [-0.05, 0) is 41.5 Å². The van der Waals surface area contributed by atoms with Gasteiger partial charge in [-0.1, -0.05) is 30.3 Å². The van der Waals surface area contributed by atoms with Gasteiger partial charge in [0.05, 0.1) is 6.42 Å². The number of hydrogen-bond donors (Lipinski definition) is 3. The molecule has 3 atom stereocenters. The molecule has 2 aromatic carbocycles. The van der Waals surface area contributed by atoms with Gasteiger partial charge >= 0.3 is 6.18 Å². The molecular weight excluding hydrogens is 530 g/mol. The van der Waals surface area contributed by atoms with E-state index in [1.807, 2.05) is 11.1 Å². The van der Waals surface area contributed by atoms with Gasteiger partial charge in [-0.2, -0.15) is 13.2 Å². The molecule has 0 unspecified atom stereocenters. The molecule has 208 valence electrons. The molecule has 0 aliphatic carbocycles. The number of hydrogen-bond acceptors (Lipinski definition) is 3. The molecule has 2 aliphatic heterocycles. The lowest BCUT2D eigenvalue weighted by atomic mass is 9.80. The maximum Gasteiger partial charge on any atom is 0.431 e. The van der Waals surface area contributed by atoms with E-state index >= 15 is 0 Å². The van der Waals surface area contributed by atoms with Crippen molar-refractivity contribution in [2.24, 2.45) is 0 Å². The Hall–Kier alpha value is -4.48. The third-order valence-electron chi connectivity index (χ3n) is 7.42. The Morgan fingerprint density at radius 1 is 1.18 bits per heavy atom. The van der Waals surface area contributed by atoms with Crippen molar-refractivity contribution in [3.63, 3.8) is 0 Å². The Morgan fingerprint density at radius 3 is 2.60 bits per heavy atom. The summed E-state index contributed by atoms with van der Waals surface area (Å²) in [6, 6.07) is 13.0. The van der Waals surface area contributed by atoms with Crippen LogP contribution in [-0.4, -0.2) is 64.7 Å². The Kier molecular flexibility index (Phi) is 6.72. The molecule has 0 saturated carbocycles. The summed E-state index contributed by atoms with van der Waals surface area (Å²) in [7, 11) is 1.65. The van der Waals surface area contributed by atoms with Crippen LogP contribution in [0.3, 0.4) is 0 Å². The Balaban J connectivity index is 1.48. The van der Waals surface area contributed by atoms with Crippen molar-refractivity contribution >= 4 is 30.1 Å². The summed E-state index contributed by atoms with van der Waals surface area (Å²) in [5.41, 5.74) is -0.798. The zero-order valence-electron chi connectivity index (χ0n) is 21.4. The molecule has 1 fully saturated rings. The average molecular weight is 557 g/mol. The van der Waals surface area contributed by atoms with Crippen LogP contribution < -0.4 is 10.6 Å².